The normalized spacial score (nSPS) is 19.4. The predicted octanol–water partition coefficient (Wildman–Crippen LogP) is 3.63. The third-order valence-electron chi connectivity index (χ3n) is 4.94. The van der Waals surface area contributed by atoms with Gasteiger partial charge in [-0.2, -0.15) is 0 Å². The van der Waals surface area contributed by atoms with Crippen LogP contribution in [0.1, 0.15) is 24.8 Å². The standard InChI is InChI=1S/C20H21F3N2O/c1-12(19(24)20(26)25-9-8-16(22)11-25)13-2-4-14(5-3-13)17-10-15(21)6-7-18(17)23/h2-7,10,12,16,19H,8-9,11,24H2,1H3/t12-,16-,19-/m0/s1. The molecule has 1 saturated heterocycles. The molecule has 0 unspecified atom stereocenters. The van der Waals surface area contributed by atoms with E-state index < -0.39 is 23.8 Å². The third-order valence-corrected chi connectivity index (χ3v) is 4.94. The van der Waals surface area contributed by atoms with E-state index in [2.05, 4.69) is 0 Å². The number of likely N-dealkylation sites (tertiary alicyclic amines) is 1. The zero-order valence-electron chi connectivity index (χ0n) is 14.5. The van der Waals surface area contributed by atoms with Crippen LogP contribution < -0.4 is 5.73 Å². The number of hydrogen-bond donors (Lipinski definition) is 1. The van der Waals surface area contributed by atoms with E-state index in [1.54, 1.807) is 24.3 Å². The zero-order valence-corrected chi connectivity index (χ0v) is 14.5. The lowest BCUT2D eigenvalue weighted by Gasteiger charge is -2.25. The van der Waals surface area contributed by atoms with Crippen molar-refractivity contribution in [1.29, 1.82) is 0 Å². The van der Waals surface area contributed by atoms with Crippen molar-refractivity contribution in [2.75, 3.05) is 13.1 Å². The molecular weight excluding hydrogens is 341 g/mol. The molecule has 0 aromatic heterocycles. The molecule has 1 fully saturated rings. The molecule has 1 aliphatic heterocycles. The summed E-state index contributed by atoms with van der Waals surface area (Å²) in [7, 11) is 0. The first-order valence-electron chi connectivity index (χ1n) is 8.60. The van der Waals surface area contributed by atoms with Crippen molar-refractivity contribution in [3.63, 3.8) is 0 Å². The Morgan fingerprint density at radius 1 is 1.19 bits per heavy atom. The van der Waals surface area contributed by atoms with Crippen LogP contribution in [0.3, 0.4) is 0 Å². The lowest BCUT2D eigenvalue weighted by atomic mass is 9.91. The summed E-state index contributed by atoms with van der Waals surface area (Å²) >= 11 is 0. The molecule has 138 valence electrons. The average Bonchev–Trinajstić information content (AvgIpc) is 3.08. The second-order valence-corrected chi connectivity index (χ2v) is 6.73. The maximum Gasteiger partial charge on any atom is 0.240 e. The van der Waals surface area contributed by atoms with E-state index in [1.165, 1.54) is 4.90 Å². The van der Waals surface area contributed by atoms with Crippen molar-refractivity contribution in [2.24, 2.45) is 5.73 Å². The SMILES string of the molecule is C[C@@H](c1ccc(-c2cc(F)ccc2F)cc1)[C@H](N)C(=O)N1CC[C@H](F)C1. The van der Waals surface area contributed by atoms with Gasteiger partial charge >= 0.3 is 0 Å². The molecule has 0 aliphatic carbocycles. The van der Waals surface area contributed by atoms with Crippen LogP contribution in [0.4, 0.5) is 13.2 Å². The summed E-state index contributed by atoms with van der Waals surface area (Å²) in [5.41, 5.74) is 7.61. The summed E-state index contributed by atoms with van der Waals surface area (Å²) in [6, 6.07) is 9.37. The maximum atomic E-state index is 13.9. The van der Waals surface area contributed by atoms with Gasteiger partial charge in [-0.25, -0.2) is 13.2 Å². The van der Waals surface area contributed by atoms with Crippen LogP contribution in [0.15, 0.2) is 42.5 Å². The molecule has 3 nitrogen and oxygen atoms in total. The molecule has 0 saturated carbocycles. The van der Waals surface area contributed by atoms with Gasteiger partial charge in [-0.1, -0.05) is 31.2 Å². The Hall–Kier alpha value is -2.34. The fourth-order valence-electron chi connectivity index (χ4n) is 3.23. The highest BCUT2D eigenvalue weighted by molar-refractivity contribution is 5.83. The minimum absolute atomic E-state index is 0.0943. The van der Waals surface area contributed by atoms with Crippen LogP contribution in [0.2, 0.25) is 0 Å². The summed E-state index contributed by atoms with van der Waals surface area (Å²) < 4.78 is 40.5. The van der Waals surface area contributed by atoms with E-state index in [9.17, 15) is 18.0 Å². The van der Waals surface area contributed by atoms with Crippen molar-refractivity contribution in [2.45, 2.75) is 31.5 Å². The molecule has 1 amide bonds. The van der Waals surface area contributed by atoms with Crippen molar-refractivity contribution < 1.29 is 18.0 Å². The Labute approximate surface area is 150 Å². The number of alkyl halides is 1. The van der Waals surface area contributed by atoms with Crippen LogP contribution in [-0.4, -0.2) is 36.1 Å². The zero-order chi connectivity index (χ0) is 18.8. The van der Waals surface area contributed by atoms with Gasteiger partial charge < -0.3 is 10.6 Å². The van der Waals surface area contributed by atoms with Crippen LogP contribution in [0.5, 0.6) is 0 Å². The monoisotopic (exact) mass is 362 g/mol. The minimum Gasteiger partial charge on any atom is -0.338 e. The van der Waals surface area contributed by atoms with E-state index in [-0.39, 0.29) is 23.9 Å². The number of halogens is 3. The van der Waals surface area contributed by atoms with Gasteiger partial charge in [-0.05, 0) is 35.7 Å². The molecule has 2 aromatic carbocycles. The Bertz CT molecular complexity index is 794. The molecule has 2 aromatic rings. The van der Waals surface area contributed by atoms with E-state index in [0.29, 0.717) is 18.5 Å². The quantitative estimate of drug-likeness (QED) is 0.903. The summed E-state index contributed by atoms with van der Waals surface area (Å²) in [4.78, 5) is 13.9. The first-order chi connectivity index (χ1) is 12.4. The molecule has 0 spiro atoms. The number of hydrogen-bond acceptors (Lipinski definition) is 2. The molecule has 0 bridgehead atoms. The van der Waals surface area contributed by atoms with E-state index >= 15 is 0 Å². The highest BCUT2D eigenvalue weighted by Crippen LogP contribution is 2.27. The van der Waals surface area contributed by atoms with Gasteiger partial charge in [0.1, 0.15) is 17.8 Å². The fourth-order valence-corrected chi connectivity index (χ4v) is 3.23. The molecular formula is C20H21F3N2O. The number of carbonyl (C=O) groups excluding carboxylic acids is 1. The first-order valence-corrected chi connectivity index (χ1v) is 8.60. The molecule has 6 heteroatoms. The maximum absolute atomic E-state index is 13.9. The third kappa shape index (κ3) is 3.75. The van der Waals surface area contributed by atoms with E-state index in [4.69, 9.17) is 5.73 Å². The summed E-state index contributed by atoms with van der Waals surface area (Å²) in [6.07, 6.45) is -0.636. The smallest absolute Gasteiger partial charge is 0.240 e. The molecule has 0 radical (unpaired) electrons. The van der Waals surface area contributed by atoms with E-state index in [0.717, 1.165) is 23.8 Å². The average molecular weight is 362 g/mol. The van der Waals surface area contributed by atoms with Crippen LogP contribution in [0.25, 0.3) is 11.1 Å². The Morgan fingerprint density at radius 3 is 2.50 bits per heavy atom. The molecule has 3 rings (SSSR count). The van der Waals surface area contributed by atoms with Crippen molar-refractivity contribution in [3.05, 3.63) is 59.7 Å². The first kappa shape index (κ1) is 18.5. The fraction of sp³-hybridized carbons (Fsp3) is 0.350. The summed E-state index contributed by atoms with van der Waals surface area (Å²) in [5.74, 6) is -1.57. The number of amides is 1. The topological polar surface area (TPSA) is 46.3 Å². The van der Waals surface area contributed by atoms with Gasteiger partial charge in [0.15, 0.2) is 0 Å². The lowest BCUT2D eigenvalue weighted by Crippen LogP contribution is -2.45. The molecule has 26 heavy (non-hydrogen) atoms. The number of benzene rings is 2. The Balaban J connectivity index is 1.75. The van der Waals surface area contributed by atoms with Gasteiger partial charge in [0.2, 0.25) is 5.91 Å². The van der Waals surface area contributed by atoms with Crippen molar-refractivity contribution in [1.82, 2.24) is 4.90 Å². The number of carbonyl (C=O) groups is 1. The number of rotatable bonds is 4. The van der Waals surface area contributed by atoms with Gasteiger partial charge in [-0.3, -0.25) is 4.79 Å². The molecule has 1 heterocycles. The van der Waals surface area contributed by atoms with Crippen molar-refractivity contribution >= 4 is 5.91 Å². The van der Waals surface area contributed by atoms with Crippen molar-refractivity contribution in [3.8, 4) is 11.1 Å². The summed E-state index contributed by atoms with van der Waals surface area (Å²) in [5, 5.41) is 0. The second kappa shape index (κ2) is 7.50. The van der Waals surface area contributed by atoms with Crippen LogP contribution in [0, 0.1) is 11.6 Å². The number of nitrogens with two attached hydrogens (primary N) is 1. The van der Waals surface area contributed by atoms with Crippen LogP contribution in [-0.2, 0) is 4.79 Å². The van der Waals surface area contributed by atoms with Gasteiger partial charge in [0, 0.05) is 18.0 Å². The Morgan fingerprint density at radius 2 is 1.88 bits per heavy atom. The van der Waals surface area contributed by atoms with Gasteiger partial charge in [0.05, 0.1) is 12.6 Å². The highest BCUT2D eigenvalue weighted by atomic mass is 19.1. The van der Waals surface area contributed by atoms with Gasteiger partial charge in [0.25, 0.3) is 0 Å². The lowest BCUT2D eigenvalue weighted by molar-refractivity contribution is -0.132. The minimum atomic E-state index is -0.984. The molecule has 2 N–H and O–H groups in total. The Kier molecular flexibility index (Phi) is 5.32. The summed E-state index contributed by atoms with van der Waals surface area (Å²) in [6.45, 7) is 2.30. The highest BCUT2D eigenvalue weighted by Gasteiger charge is 2.32. The number of nitrogens with zero attached hydrogens (tertiary/aromatic N) is 1. The largest absolute Gasteiger partial charge is 0.338 e. The van der Waals surface area contributed by atoms with Gasteiger partial charge in [-0.15, -0.1) is 0 Å². The second-order valence-electron chi connectivity index (χ2n) is 6.73. The molecule has 3 atom stereocenters. The van der Waals surface area contributed by atoms with E-state index in [1.807, 2.05) is 6.92 Å². The van der Waals surface area contributed by atoms with Crippen LogP contribution >= 0.6 is 0 Å². The molecule has 1 aliphatic rings. The predicted molar refractivity (Wildman–Crippen MR) is 94.3 cm³/mol.